The number of benzene rings is 6. The Balaban J connectivity index is 1.40. The van der Waals surface area contributed by atoms with Crippen LogP contribution in [0.15, 0.2) is 121 Å². The summed E-state index contributed by atoms with van der Waals surface area (Å²) >= 11 is 1.98. The van der Waals surface area contributed by atoms with Crippen molar-refractivity contribution < 1.29 is 0 Å². The summed E-state index contributed by atoms with van der Waals surface area (Å²) < 4.78 is 2.75. The van der Waals surface area contributed by atoms with Crippen molar-refractivity contribution in [1.82, 2.24) is 0 Å². The molecule has 4 heteroatoms. The lowest BCUT2D eigenvalue weighted by Gasteiger charge is -2.44. The SMILES string of the molecule is Cc1cc2c3c(c1)N(c1ccc(C(C)(C)C)cc1)c1c(sc4ccc(C(C)(C)C)cc14)B3c1ccc(C(C)(C)C)cc1N2c1ccc(C(C)(C)C)cc1-c1ccccc1. The predicted octanol–water partition coefficient (Wildman–Crippen LogP) is 14.1. The molecule has 3 heterocycles. The van der Waals surface area contributed by atoms with Gasteiger partial charge in [0.2, 0.25) is 0 Å². The van der Waals surface area contributed by atoms with Crippen LogP contribution >= 0.6 is 11.3 Å². The van der Waals surface area contributed by atoms with Crippen LogP contribution < -0.4 is 25.5 Å². The number of rotatable bonds is 3. The van der Waals surface area contributed by atoms with Crippen LogP contribution in [0.25, 0.3) is 21.2 Å². The molecule has 0 saturated heterocycles. The van der Waals surface area contributed by atoms with E-state index in [-0.39, 0.29) is 28.4 Å². The number of aryl methyl sites for hydroxylation is 1. The third-order valence-electron chi connectivity index (χ3n) is 12.7. The lowest BCUT2D eigenvalue weighted by Crippen LogP contribution is -2.60. The van der Waals surface area contributed by atoms with Crippen molar-refractivity contribution in [3.05, 3.63) is 149 Å². The molecule has 0 aliphatic carbocycles. The Hall–Kier alpha value is -5.06. The normalized spacial score (nSPS) is 14.1. The predicted molar refractivity (Wildman–Crippen MR) is 261 cm³/mol. The Bertz CT molecular complexity index is 2760. The third kappa shape index (κ3) is 6.63. The summed E-state index contributed by atoms with van der Waals surface area (Å²) in [4.78, 5) is 5.24. The molecule has 0 spiro atoms. The second kappa shape index (κ2) is 13.5. The number of hydrogen-bond acceptors (Lipinski definition) is 3. The van der Waals surface area contributed by atoms with Gasteiger partial charge in [-0.05, 0) is 127 Å². The van der Waals surface area contributed by atoms with Crippen molar-refractivity contribution in [2.75, 3.05) is 9.80 Å². The minimum Gasteiger partial charge on any atom is -0.311 e. The Morgan fingerprint density at radius 1 is 0.475 bits per heavy atom. The summed E-state index contributed by atoms with van der Waals surface area (Å²) in [6, 6.07) is 47.2. The first kappa shape index (κ1) is 39.4. The van der Waals surface area contributed by atoms with E-state index in [1.54, 1.807) is 0 Å². The van der Waals surface area contributed by atoms with Gasteiger partial charge in [0.25, 0.3) is 6.71 Å². The maximum Gasteiger partial charge on any atom is 0.264 e. The van der Waals surface area contributed by atoms with E-state index in [0.717, 1.165) is 0 Å². The van der Waals surface area contributed by atoms with E-state index in [1.165, 1.54) is 98.9 Å². The zero-order valence-electron chi connectivity index (χ0n) is 37.4. The second-order valence-corrected chi connectivity index (χ2v) is 22.3. The van der Waals surface area contributed by atoms with Gasteiger partial charge in [0, 0.05) is 43.2 Å². The highest BCUT2D eigenvalue weighted by Crippen LogP contribution is 2.51. The van der Waals surface area contributed by atoms with Crippen molar-refractivity contribution >= 4 is 78.0 Å². The molecule has 0 atom stereocenters. The molecule has 2 aliphatic heterocycles. The first-order valence-corrected chi connectivity index (χ1v) is 22.3. The first-order chi connectivity index (χ1) is 27.7. The van der Waals surface area contributed by atoms with Crippen LogP contribution in [0.4, 0.5) is 34.1 Å². The summed E-state index contributed by atoms with van der Waals surface area (Å²) in [5, 5.41) is 1.34. The van der Waals surface area contributed by atoms with Gasteiger partial charge in [0.05, 0.1) is 11.4 Å². The number of thiophene rings is 1. The van der Waals surface area contributed by atoms with Crippen molar-refractivity contribution in [3.63, 3.8) is 0 Å². The number of nitrogens with zero attached hydrogens (tertiary/aromatic N) is 2. The van der Waals surface area contributed by atoms with Crippen LogP contribution in [-0.4, -0.2) is 6.71 Å². The van der Waals surface area contributed by atoms with Crippen molar-refractivity contribution in [2.24, 2.45) is 0 Å². The molecule has 0 saturated carbocycles. The molecule has 2 nitrogen and oxygen atoms in total. The van der Waals surface area contributed by atoms with E-state index in [4.69, 9.17) is 0 Å². The monoisotopic (exact) mass is 790 g/mol. The smallest absolute Gasteiger partial charge is 0.264 e. The minimum atomic E-state index is -0.0220. The van der Waals surface area contributed by atoms with Gasteiger partial charge in [-0.1, -0.05) is 150 Å². The molecule has 59 heavy (non-hydrogen) atoms. The molecule has 1 aromatic heterocycles. The molecule has 0 bridgehead atoms. The summed E-state index contributed by atoms with van der Waals surface area (Å²) in [5.74, 6) is 0. The average molecular weight is 791 g/mol. The summed E-state index contributed by atoms with van der Waals surface area (Å²) in [6.07, 6.45) is 0. The van der Waals surface area contributed by atoms with E-state index in [2.05, 4.69) is 221 Å². The molecular formula is C55H59BN2S. The lowest BCUT2D eigenvalue weighted by molar-refractivity contribution is 0.590. The molecule has 6 aromatic carbocycles. The summed E-state index contributed by atoms with van der Waals surface area (Å²) in [7, 11) is 0. The van der Waals surface area contributed by atoms with E-state index in [9.17, 15) is 0 Å². The number of hydrogen-bond donors (Lipinski definition) is 0. The minimum absolute atomic E-state index is 0.00232. The molecule has 0 unspecified atom stereocenters. The molecule has 9 rings (SSSR count). The zero-order chi connectivity index (χ0) is 42.0. The lowest BCUT2D eigenvalue weighted by atomic mass is 9.36. The quantitative estimate of drug-likeness (QED) is 0.165. The van der Waals surface area contributed by atoms with E-state index in [1.807, 2.05) is 11.3 Å². The highest BCUT2D eigenvalue weighted by molar-refractivity contribution is 7.33. The van der Waals surface area contributed by atoms with Crippen molar-refractivity contribution in [3.8, 4) is 11.1 Å². The molecule has 0 amide bonds. The van der Waals surface area contributed by atoms with Gasteiger partial charge in [-0.25, -0.2) is 0 Å². The summed E-state index contributed by atoms with van der Waals surface area (Å²) in [5.41, 5.74) is 19.5. The van der Waals surface area contributed by atoms with Crippen molar-refractivity contribution in [1.29, 1.82) is 0 Å². The molecule has 7 aromatic rings. The molecule has 0 N–H and O–H groups in total. The molecule has 298 valence electrons. The van der Waals surface area contributed by atoms with Crippen LogP contribution in [0.3, 0.4) is 0 Å². The van der Waals surface area contributed by atoms with Crippen LogP contribution in [0, 0.1) is 6.92 Å². The molecule has 0 fully saturated rings. The van der Waals surface area contributed by atoms with E-state index >= 15 is 0 Å². The summed E-state index contributed by atoms with van der Waals surface area (Å²) in [6.45, 7) is 30.2. The topological polar surface area (TPSA) is 6.48 Å². The highest BCUT2D eigenvalue weighted by Gasteiger charge is 2.46. The standard InChI is InChI=1S/C55H59BN2S/c1-34-29-46-49-47(30-34)58(44-27-22-37(53(5,6)7)31-41(44)35-17-15-14-16-18-35)45-33-39(55(11,12)13)21-26-43(45)56(49)51-50(42-32-38(54(8,9)10)23-28-48(42)59-51)57(46)40-24-19-36(20-25-40)52(2,3)4/h14-33H,1-13H3. The van der Waals surface area contributed by atoms with Gasteiger partial charge in [-0.15, -0.1) is 11.3 Å². The van der Waals surface area contributed by atoms with Gasteiger partial charge in [-0.3, -0.25) is 0 Å². The van der Waals surface area contributed by atoms with Gasteiger partial charge in [0.1, 0.15) is 0 Å². The average Bonchev–Trinajstić information content (AvgIpc) is 3.55. The van der Waals surface area contributed by atoms with Gasteiger partial charge >= 0.3 is 0 Å². The highest BCUT2D eigenvalue weighted by atomic mass is 32.1. The second-order valence-electron chi connectivity index (χ2n) is 21.3. The largest absolute Gasteiger partial charge is 0.311 e. The van der Waals surface area contributed by atoms with Crippen LogP contribution in [0.2, 0.25) is 0 Å². The molecule has 0 radical (unpaired) electrons. The van der Waals surface area contributed by atoms with Gasteiger partial charge in [0.15, 0.2) is 0 Å². The molecule has 2 aliphatic rings. The third-order valence-corrected chi connectivity index (χ3v) is 13.9. The van der Waals surface area contributed by atoms with E-state index in [0.29, 0.717) is 0 Å². The zero-order valence-corrected chi connectivity index (χ0v) is 38.2. The van der Waals surface area contributed by atoms with Crippen LogP contribution in [-0.2, 0) is 21.7 Å². The first-order valence-electron chi connectivity index (χ1n) is 21.5. The maximum absolute atomic E-state index is 2.62. The Kier molecular flexibility index (Phi) is 9.00. The van der Waals surface area contributed by atoms with Crippen molar-refractivity contribution in [2.45, 2.75) is 112 Å². The Morgan fingerprint density at radius 2 is 1.02 bits per heavy atom. The Morgan fingerprint density at radius 3 is 1.64 bits per heavy atom. The fourth-order valence-corrected chi connectivity index (χ4v) is 10.5. The van der Waals surface area contributed by atoms with E-state index < -0.39 is 0 Å². The van der Waals surface area contributed by atoms with Crippen LogP contribution in [0.1, 0.15) is 111 Å². The number of anilines is 6. The van der Waals surface area contributed by atoms with Crippen LogP contribution in [0.5, 0.6) is 0 Å². The number of fused-ring (bicyclic) bond motifs is 6. The van der Waals surface area contributed by atoms with Gasteiger partial charge < -0.3 is 9.80 Å². The molecular weight excluding hydrogens is 731 g/mol. The Labute approximate surface area is 358 Å². The van der Waals surface area contributed by atoms with Gasteiger partial charge in [-0.2, -0.15) is 0 Å². The maximum atomic E-state index is 2.62. The fourth-order valence-electron chi connectivity index (χ4n) is 9.23. The fraction of sp³-hybridized carbons (Fsp3) is 0.309.